The molecule has 9 nitrogen and oxygen atoms in total. The molecule has 32 heavy (non-hydrogen) atoms. The Kier molecular flexibility index (Phi) is 5.20. The fourth-order valence-corrected chi connectivity index (χ4v) is 4.08. The maximum absolute atomic E-state index is 13.0. The first-order chi connectivity index (χ1) is 15.5. The van der Waals surface area contributed by atoms with Crippen LogP contribution in [0.15, 0.2) is 47.4 Å². The molecule has 0 saturated heterocycles. The molecule has 0 radical (unpaired) electrons. The van der Waals surface area contributed by atoms with Crippen LogP contribution in [0.2, 0.25) is 0 Å². The molecule has 0 amide bonds. The molecule has 0 bridgehead atoms. The van der Waals surface area contributed by atoms with E-state index in [1.807, 2.05) is 19.1 Å². The van der Waals surface area contributed by atoms with Crippen molar-refractivity contribution < 1.29 is 5.11 Å². The van der Waals surface area contributed by atoms with Crippen LogP contribution in [0.1, 0.15) is 36.8 Å². The standard InChI is InChI=1S/C23H25N7O2/c1-3-29-22(32)18-13-25-23(26-17-8-7-15-9-10-24-12-16(15)11-17)28-21(18)30(29)20-6-4-5-19(27-20)14(2)31/h4-8,11,13-14,24,31H,3,9-10,12H2,1-2H3,(H,25,26,28). The van der Waals surface area contributed by atoms with E-state index < -0.39 is 6.10 Å². The van der Waals surface area contributed by atoms with E-state index in [1.165, 1.54) is 11.1 Å². The van der Waals surface area contributed by atoms with Crippen molar-refractivity contribution in [3.05, 3.63) is 69.8 Å². The molecule has 1 aromatic carbocycles. The molecule has 4 aromatic rings. The molecule has 0 fully saturated rings. The number of rotatable bonds is 5. The van der Waals surface area contributed by atoms with Crippen molar-refractivity contribution in [3.63, 3.8) is 0 Å². The Hall–Kier alpha value is -3.56. The third-order valence-corrected chi connectivity index (χ3v) is 5.73. The Morgan fingerprint density at radius 3 is 2.91 bits per heavy atom. The normalized spacial score (nSPS) is 14.3. The molecule has 1 aliphatic heterocycles. The third kappa shape index (κ3) is 3.55. The highest BCUT2D eigenvalue weighted by Gasteiger charge is 2.18. The molecule has 3 aromatic heterocycles. The summed E-state index contributed by atoms with van der Waals surface area (Å²) in [5.74, 6) is 0.914. The average molecular weight is 432 g/mol. The number of benzene rings is 1. The molecule has 164 valence electrons. The van der Waals surface area contributed by atoms with Gasteiger partial charge in [0.2, 0.25) is 5.95 Å². The summed E-state index contributed by atoms with van der Waals surface area (Å²) in [6.07, 6.45) is 1.85. The zero-order valence-corrected chi connectivity index (χ0v) is 18.0. The first-order valence-electron chi connectivity index (χ1n) is 10.8. The maximum Gasteiger partial charge on any atom is 0.278 e. The largest absolute Gasteiger partial charge is 0.387 e. The molecular weight excluding hydrogens is 406 g/mol. The highest BCUT2D eigenvalue weighted by atomic mass is 16.3. The summed E-state index contributed by atoms with van der Waals surface area (Å²) < 4.78 is 3.26. The van der Waals surface area contributed by atoms with Gasteiger partial charge in [-0.25, -0.2) is 19.3 Å². The van der Waals surface area contributed by atoms with Crippen LogP contribution in [-0.2, 0) is 19.5 Å². The molecule has 1 aliphatic rings. The van der Waals surface area contributed by atoms with Gasteiger partial charge in [-0.1, -0.05) is 12.1 Å². The number of anilines is 2. The monoisotopic (exact) mass is 431 g/mol. The topological polar surface area (TPSA) is 110 Å². The van der Waals surface area contributed by atoms with E-state index in [1.54, 1.807) is 34.6 Å². The number of pyridine rings is 1. The van der Waals surface area contributed by atoms with Gasteiger partial charge < -0.3 is 15.7 Å². The van der Waals surface area contributed by atoms with Crippen LogP contribution in [0, 0.1) is 0 Å². The van der Waals surface area contributed by atoms with Gasteiger partial charge in [-0.3, -0.25) is 4.79 Å². The van der Waals surface area contributed by atoms with Crippen molar-refractivity contribution in [1.82, 2.24) is 29.6 Å². The minimum atomic E-state index is -0.719. The zero-order valence-electron chi connectivity index (χ0n) is 18.0. The summed E-state index contributed by atoms with van der Waals surface area (Å²) in [5.41, 5.74) is 4.31. The van der Waals surface area contributed by atoms with Gasteiger partial charge >= 0.3 is 0 Å². The second kappa shape index (κ2) is 8.18. The first kappa shape index (κ1) is 20.3. The highest BCUT2D eigenvalue weighted by Crippen LogP contribution is 2.22. The molecule has 1 unspecified atom stereocenters. The quantitative estimate of drug-likeness (QED) is 0.445. The third-order valence-electron chi connectivity index (χ3n) is 5.73. The second-order valence-electron chi connectivity index (χ2n) is 7.90. The number of fused-ring (bicyclic) bond motifs is 2. The Morgan fingerprint density at radius 1 is 1.22 bits per heavy atom. The lowest BCUT2D eigenvalue weighted by molar-refractivity contribution is 0.194. The Morgan fingerprint density at radius 2 is 2.09 bits per heavy atom. The number of aromatic nitrogens is 5. The summed E-state index contributed by atoms with van der Waals surface area (Å²) in [5, 5.41) is 17.0. The Bertz CT molecular complexity index is 1360. The van der Waals surface area contributed by atoms with Gasteiger partial charge in [0.05, 0.1) is 11.8 Å². The number of hydrogen-bond acceptors (Lipinski definition) is 7. The zero-order chi connectivity index (χ0) is 22.2. The molecule has 0 saturated carbocycles. The van der Waals surface area contributed by atoms with Crippen LogP contribution in [-0.4, -0.2) is 36.0 Å². The molecule has 9 heteroatoms. The lowest BCUT2D eigenvalue weighted by atomic mass is 10.0. The number of nitrogens with one attached hydrogen (secondary N) is 2. The molecule has 3 N–H and O–H groups in total. The van der Waals surface area contributed by atoms with E-state index in [2.05, 4.69) is 37.7 Å². The smallest absolute Gasteiger partial charge is 0.278 e. The molecule has 4 heterocycles. The summed E-state index contributed by atoms with van der Waals surface area (Å²) in [7, 11) is 0. The number of hydrogen-bond donors (Lipinski definition) is 3. The van der Waals surface area contributed by atoms with E-state index in [9.17, 15) is 9.90 Å². The van der Waals surface area contributed by atoms with E-state index in [0.717, 1.165) is 25.2 Å². The van der Waals surface area contributed by atoms with Crippen LogP contribution in [0.25, 0.3) is 16.9 Å². The molecular formula is C23H25N7O2. The summed E-state index contributed by atoms with van der Waals surface area (Å²) >= 11 is 0. The van der Waals surface area contributed by atoms with Gasteiger partial charge in [0.15, 0.2) is 11.5 Å². The number of aliphatic hydroxyl groups is 1. The lowest BCUT2D eigenvalue weighted by Gasteiger charge is -2.18. The Labute approximate surface area is 184 Å². The highest BCUT2D eigenvalue weighted by molar-refractivity contribution is 5.77. The predicted octanol–water partition coefficient (Wildman–Crippen LogP) is 2.44. The summed E-state index contributed by atoms with van der Waals surface area (Å²) in [6.45, 7) is 5.83. The SMILES string of the molecule is CCn1c(=O)c2cnc(Nc3ccc4c(c3)CNCC4)nc2n1-c1cccc(C(C)O)n1. The minimum absolute atomic E-state index is 0.182. The summed E-state index contributed by atoms with van der Waals surface area (Å²) in [6, 6.07) is 11.6. The fourth-order valence-electron chi connectivity index (χ4n) is 4.08. The van der Waals surface area contributed by atoms with Gasteiger partial charge in [0, 0.05) is 25.0 Å². The van der Waals surface area contributed by atoms with E-state index in [4.69, 9.17) is 0 Å². The second-order valence-corrected chi connectivity index (χ2v) is 7.90. The van der Waals surface area contributed by atoms with Crippen LogP contribution in [0.5, 0.6) is 0 Å². The van der Waals surface area contributed by atoms with Gasteiger partial charge in [0.1, 0.15) is 5.39 Å². The fraction of sp³-hybridized carbons (Fsp3) is 0.304. The van der Waals surface area contributed by atoms with Crippen molar-refractivity contribution >= 4 is 22.7 Å². The number of aliphatic hydroxyl groups excluding tert-OH is 1. The van der Waals surface area contributed by atoms with Crippen LogP contribution in [0.3, 0.4) is 0 Å². The lowest BCUT2D eigenvalue weighted by Crippen LogP contribution is -2.23. The van der Waals surface area contributed by atoms with Gasteiger partial charge in [-0.2, -0.15) is 4.98 Å². The van der Waals surface area contributed by atoms with Crippen molar-refractivity contribution in [2.75, 3.05) is 11.9 Å². The van der Waals surface area contributed by atoms with Gasteiger partial charge in [0.25, 0.3) is 5.56 Å². The van der Waals surface area contributed by atoms with Crippen molar-refractivity contribution in [1.29, 1.82) is 0 Å². The molecule has 0 spiro atoms. The van der Waals surface area contributed by atoms with Crippen molar-refractivity contribution in [2.45, 2.75) is 39.5 Å². The Balaban J connectivity index is 1.60. The van der Waals surface area contributed by atoms with Crippen LogP contribution >= 0.6 is 0 Å². The predicted molar refractivity (Wildman–Crippen MR) is 122 cm³/mol. The van der Waals surface area contributed by atoms with Crippen molar-refractivity contribution in [2.24, 2.45) is 0 Å². The average Bonchev–Trinajstić information content (AvgIpc) is 3.10. The maximum atomic E-state index is 13.0. The number of nitrogens with zero attached hydrogens (tertiary/aromatic N) is 5. The van der Waals surface area contributed by atoms with E-state index >= 15 is 0 Å². The van der Waals surface area contributed by atoms with Crippen LogP contribution < -0.4 is 16.2 Å². The molecule has 0 aliphatic carbocycles. The minimum Gasteiger partial charge on any atom is -0.387 e. The first-order valence-corrected chi connectivity index (χ1v) is 10.8. The van der Waals surface area contributed by atoms with Crippen molar-refractivity contribution in [3.8, 4) is 5.82 Å². The van der Waals surface area contributed by atoms with Crippen LogP contribution in [0.4, 0.5) is 11.6 Å². The van der Waals surface area contributed by atoms with E-state index in [0.29, 0.717) is 35.0 Å². The molecule has 1 atom stereocenters. The molecule has 5 rings (SSSR count). The van der Waals surface area contributed by atoms with Gasteiger partial charge in [-0.15, -0.1) is 0 Å². The summed E-state index contributed by atoms with van der Waals surface area (Å²) in [4.78, 5) is 26.5. The van der Waals surface area contributed by atoms with Gasteiger partial charge in [-0.05, 0) is 62.2 Å². The van der Waals surface area contributed by atoms with E-state index in [-0.39, 0.29) is 5.56 Å².